The van der Waals surface area contributed by atoms with Crippen molar-refractivity contribution in [3.63, 3.8) is 0 Å². The minimum atomic E-state index is -4.69. The standard InChI is InChI=1S/C18H17F4N3O3/c19-14-4-2-1-3-12(14)5-8-17(26)24-10-9-23-15-7-6-13(18(20,21)22)11-16(15)25(27)28/h1-4,6-7,11,23H,5,8-10H2,(H,24,26). The topological polar surface area (TPSA) is 84.3 Å². The Hall–Kier alpha value is -3.17. The molecule has 0 radical (unpaired) electrons. The summed E-state index contributed by atoms with van der Waals surface area (Å²) in [5, 5.41) is 16.2. The molecule has 0 aliphatic heterocycles. The number of aryl methyl sites for hydroxylation is 1. The maximum absolute atomic E-state index is 13.5. The van der Waals surface area contributed by atoms with E-state index in [1.165, 1.54) is 6.07 Å². The lowest BCUT2D eigenvalue weighted by molar-refractivity contribution is -0.384. The fourth-order valence-corrected chi connectivity index (χ4v) is 2.45. The average Bonchev–Trinajstić information content (AvgIpc) is 2.63. The molecule has 28 heavy (non-hydrogen) atoms. The maximum atomic E-state index is 13.5. The Morgan fingerprint density at radius 2 is 1.82 bits per heavy atom. The number of rotatable bonds is 8. The predicted molar refractivity (Wildman–Crippen MR) is 94.3 cm³/mol. The van der Waals surface area contributed by atoms with Crippen molar-refractivity contribution in [1.82, 2.24) is 5.32 Å². The van der Waals surface area contributed by atoms with Crippen LogP contribution in [0.4, 0.5) is 28.9 Å². The van der Waals surface area contributed by atoms with Crippen LogP contribution < -0.4 is 10.6 Å². The van der Waals surface area contributed by atoms with Crippen molar-refractivity contribution < 1.29 is 27.3 Å². The van der Waals surface area contributed by atoms with Gasteiger partial charge in [0.2, 0.25) is 5.91 Å². The van der Waals surface area contributed by atoms with E-state index < -0.39 is 28.2 Å². The number of benzene rings is 2. The molecule has 2 rings (SSSR count). The molecule has 2 aromatic carbocycles. The van der Waals surface area contributed by atoms with Crippen LogP contribution in [0.3, 0.4) is 0 Å². The van der Waals surface area contributed by atoms with Crippen LogP contribution in [-0.4, -0.2) is 23.9 Å². The van der Waals surface area contributed by atoms with Crippen LogP contribution in [0, 0.1) is 15.9 Å². The largest absolute Gasteiger partial charge is 0.416 e. The van der Waals surface area contributed by atoms with Gasteiger partial charge in [0.05, 0.1) is 10.5 Å². The first-order valence-corrected chi connectivity index (χ1v) is 8.28. The Kier molecular flexibility index (Phi) is 6.91. The second-order valence-corrected chi connectivity index (χ2v) is 5.85. The highest BCUT2D eigenvalue weighted by molar-refractivity contribution is 5.76. The van der Waals surface area contributed by atoms with Crippen LogP contribution in [0.5, 0.6) is 0 Å². The zero-order chi connectivity index (χ0) is 20.7. The van der Waals surface area contributed by atoms with E-state index in [2.05, 4.69) is 10.6 Å². The van der Waals surface area contributed by atoms with Crippen LogP contribution in [0.25, 0.3) is 0 Å². The number of nitro groups is 1. The molecule has 0 aliphatic rings. The van der Waals surface area contributed by atoms with Crippen LogP contribution >= 0.6 is 0 Å². The van der Waals surface area contributed by atoms with E-state index in [1.807, 2.05) is 0 Å². The van der Waals surface area contributed by atoms with E-state index in [0.717, 1.165) is 12.1 Å². The number of hydrogen-bond acceptors (Lipinski definition) is 4. The van der Waals surface area contributed by atoms with E-state index in [1.54, 1.807) is 18.2 Å². The molecule has 0 fully saturated rings. The summed E-state index contributed by atoms with van der Waals surface area (Å²) in [4.78, 5) is 21.8. The van der Waals surface area contributed by atoms with E-state index >= 15 is 0 Å². The summed E-state index contributed by atoms with van der Waals surface area (Å²) >= 11 is 0. The van der Waals surface area contributed by atoms with Gasteiger partial charge in [-0.3, -0.25) is 14.9 Å². The molecule has 0 aliphatic carbocycles. The number of halogens is 4. The number of hydrogen-bond donors (Lipinski definition) is 2. The Labute approximate surface area is 157 Å². The first-order chi connectivity index (χ1) is 13.2. The molecule has 0 aromatic heterocycles. The number of carbonyl (C=O) groups excluding carboxylic acids is 1. The van der Waals surface area contributed by atoms with E-state index in [0.29, 0.717) is 11.6 Å². The molecule has 6 nitrogen and oxygen atoms in total. The van der Waals surface area contributed by atoms with Crippen molar-refractivity contribution in [2.24, 2.45) is 0 Å². The molecule has 150 valence electrons. The monoisotopic (exact) mass is 399 g/mol. The third kappa shape index (κ3) is 5.93. The summed E-state index contributed by atoms with van der Waals surface area (Å²) in [5.74, 6) is -0.737. The van der Waals surface area contributed by atoms with Gasteiger partial charge in [0.25, 0.3) is 5.69 Å². The second-order valence-electron chi connectivity index (χ2n) is 5.85. The van der Waals surface area contributed by atoms with Crippen LogP contribution in [-0.2, 0) is 17.4 Å². The zero-order valence-electron chi connectivity index (χ0n) is 14.6. The molecule has 0 atom stereocenters. The minimum Gasteiger partial charge on any atom is -0.378 e. The lowest BCUT2D eigenvalue weighted by Gasteiger charge is -2.11. The van der Waals surface area contributed by atoms with Crippen molar-refractivity contribution in [2.75, 3.05) is 18.4 Å². The Bertz CT molecular complexity index is 856. The van der Waals surface area contributed by atoms with Gasteiger partial charge in [-0.1, -0.05) is 18.2 Å². The molecule has 2 aromatic rings. The first kappa shape index (κ1) is 21.1. The molecular weight excluding hydrogens is 382 g/mol. The smallest absolute Gasteiger partial charge is 0.378 e. The SMILES string of the molecule is O=C(CCc1ccccc1F)NCCNc1ccc(C(F)(F)F)cc1[N+](=O)[O-]. The Morgan fingerprint density at radius 1 is 1.11 bits per heavy atom. The van der Waals surface area contributed by atoms with Gasteiger partial charge in [0.15, 0.2) is 0 Å². The molecule has 0 bridgehead atoms. The number of nitro benzene ring substituents is 1. The second kappa shape index (κ2) is 9.16. The van der Waals surface area contributed by atoms with Crippen LogP contribution in [0.15, 0.2) is 42.5 Å². The van der Waals surface area contributed by atoms with E-state index in [-0.39, 0.29) is 37.5 Å². The minimum absolute atomic E-state index is 0.0569. The Morgan fingerprint density at radius 3 is 2.46 bits per heavy atom. The van der Waals surface area contributed by atoms with Gasteiger partial charge in [0.1, 0.15) is 11.5 Å². The number of nitrogens with zero attached hydrogens (tertiary/aromatic N) is 1. The van der Waals surface area contributed by atoms with Crippen molar-refractivity contribution in [2.45, 2.75) is 19.0 Å². The van der Waals surface area contributed by atoms with Crippen molar-refractivity contribution >= 4 is 17.3 Å². The summed E-state index contributed by atoms with van der Waals surface area (Å²) < 4.78 is 51.5. The molecule has 10 heteroatoms. The maximum Gasteiger partial charge on any atom is 0.416 e. The van der Waals surface area contributed by atoms with E-state index in [9.17, 15) is 32.5 Å². The third-order valence-electron chi connectivity index (χ3n) is 3.86. The summed E-state index contributed by atoms with van der Waals surface area (Å²) in [7, 11) is 0. The van der Waals surface area contributed by atoms with E-state index in [4.69, 9.17) is 0 Å². The zero-order valence-corrected chi connectivity index (χ0v) is 14.6. The molecule has 0 saturated heterocycles. The normalized spacial score (nSPS) is 11.1. The van der Waals surface area contributed by atoms with Crippen LogP contribution in [0.1, 0.15) is 17.5 Å². The molecule has 0 saturated carbocycles. The average molecular weight is 399 g/mol. The molecule has 0 heterocycles. The third-order valence-corrected chi connectivity index (χ3v) is 3.86. The van der Waals surface area contributed by atoms with Crippen molar-refractivity contribution in [3.05, 3.63) is 69.5 Å². The highest BCUT2D eigenvalue weighted by atomic mass is 19.4. The number of carbonyl (C=O) groups is 1. The molecule has 0 spiro atoms. The summed E-state index contributed by atoms with van der Waals surface area (Å²) in [6, 6.07) is 8.25. The summed E-state index contributed by atoms with van der Waals surface area (Å²) in [5.41, 5.74) is -1.50. The Balaban J connectivity index is 1.83. The lowest BCUT2D eigenvalue weighted by Crippen LogP contribution is -2.29. The molecule has 2 N–H and O–H groups in total. The van der Waals surface area contributed by atoms with Gasteiger partial charge < -0.3 is 10.6 Å². The first-order valence-electron chi connectivity index (χ1n) is 8.28. The van der Waals surface area contributed by atoms with Crippen molar-refractivity contribution in [3.8, 4) is 0 Å². The molecular formula is C18H17F4N3O3. The summed E-state index contributed by atoms with van der Waals surface area (Å²) in [6.07, 6.45) is -4.41. The highest BCUT2D eigenvalue weighted by Gasteiger charge is 2.32. The van der Waals surface area contributed by atoms with Gasteiger partial charge in [-0.25, -0.2) is 4.39 Å². The van der Waals surface area contributed by atoms with Crippen LogP contribution in [0.2, 0.25) is 0 Å². The van der Waals surface area contributed by atoms with Gasteiger partial charge in [0, 0.05) is 25.6 Å². The van der Waals surface area contributed by atoms with Crippen molar-refractivity contribution in [1.29, 1.82) is 0 Å². The van der Waals surface area contributed by atoms with Gasteiger partial charge in [-0.15, -0.1) is 0 Å². The van der Waals surface area contributed by atoms with Gasteiger partial charge in [-0.05, 0) is 30.2 Å². The fraction of sp³-hybridized carbons (Fsp3) is 0.278. The highest BCUT2D eigenvalue weighted by Crippen LogP contribution is 2.34. The quantitative estimate of drug-likeness (QED) is 0.305. The summed E-state index contributed by atoms with van der Waals surface area (Å²) in [6.45, 7) is 0.159. The predicted octanol–water partition coefficient (Wildman–Crippen LogP) is 3.91. The number of nitrogens with one attached hydrogen (secondary N) is 2. The number of anilines is 1. The van der Waals surface area contributed by atoms with Gasteiger partial charge in [-0.2, -0.15) is 13.2 Å². The number of amides is 1. The lowest BCUT2D eigenvalue weighted by atomic mass is 10.1. The van der Waals surface area contributed by atoms with Gasteiger partial charge >= 0.3 is 6.18 Å². The fourth-order valence-electron chi connectivity index (χ4n) is 2.45. The molecule has 0 unspecified atom stereocenters. The molecule has 1 amide bonds. The number of alkyl halides is 3.